The minimum atomic E-state index is -2.95. The standard InChI is InChI=1S/C12H15N3O3S/c1-8-2-3-11(18-8)10-6-12(13)15(14-10)9-4-5-19(16,17)7-9/h2-3,6,9H,4-5,7,13H2,1H3. The molecule has 1 atom stereocenters. The Kier molecular flexibility index (Phi) is 2.67. The van der Waals surface area contributed by atoms with E-state index in [-0.39, 0.29) is 17.5 Å². The average Bonchev–Trinajstić information content (AvgIpc) is 2.98. The van der Waals surface area contributed by atoms with Gasteiger partial charge in [-0.2, -0.15) is 5.10 Å². The van der Waals surface area contributed by atoms with Gasteiger partial charge in [0, 0.05) is 6.07 Å². The van der Waals surface area contributed by atoms with E-state index >= 15 is 0 Å². The molecular formula is C12H15N3O3S. The molecule has 2 N–H and O–H groups in total. The molecule has 1 aliphatic heterocycles. The van der Waals surface area contributed by atoms with Crippen LogP contribution in [-0.4, -0.2) is 29.7 Å². The van der Waals surface area contributed by atoms with Crippen LogP contribution in [0.4, 0.5) is 5.82 Å². The van der Waals surface area contributed by atoms with Gasteiger partial charge in [0.2, 0.25) is 0 Å². The van der Waals surface area contributed by atoms with Crippen LogP contribution in [0, 0.1) is 6.92 Å². The second-order valence-corrected chi connectivity index (χ2v) is 7.09. The van der Waals surface area contributed by atoms with Crippen molar-refractivity contribution < 1.29 is 12.8 Å². The number of nitrogens with two attached hydrogens (primary N) is 1. The van der Waals surface area contributed by atoms with Crippen LogP contribution in [0.3, 0.4) is 0 Å². The molecule has 0 amide bonds. The van der Waals surface area contributed by atoms with E-state index in [1.807, 2.05) is 19.1 Å². The highest BCUT2D eigenvalue weighted by molar-refractivity contribution is 7.91. The number of hydrogen-bond acceptors (Lipinski definition) is 5. The van der Waals surface area contributed by atoms with Crippen molar-refractivity contribution in [3.05, 3.63) is 24.0 Å². The summed E-state index contributed by atoms with van der Waals surface area (Å²) in [6.45, 7) is 1.85. The molecule has 0 spiro atoms. The highest BCUT2D eigenvalue weighted by Gasteiger charge is 2.31. The Morgan fingerprint density at radius 1 is 1.47 bits per heavy atom. The highest BCUT2D eigenvalue weighted by Crippen LogP contribution is 2.29. The Bertz CT molecular complexity index is 714. The first-order valence-electron chi connectivity index (χ1n) is 6.07. The summed E-state index contributed by atoms with van der Waals surface area (Å²) >= 11 is 0. The number of furan rings is 1. The first-order valence-corrected chi connectivity index (χ1v) is 7.89. The predicted octanol–water partition coefficient (Wildman–Crippen LogP) is 1.39. The van der Waals surface area contributed by atoms with Crippen molar-refractivity contribution in [1.82, 2.24) is 9.78 Å². The van der Waals surface area contributed by atoms with Crippen molar-refractivity contribution in [2.45, 2.75) is 19.4 Å². The smallest absolute Gasteiger partial charge is 0.154 e. The summed E-state index contributed by atoms with van der Waals surface area (Å²) in [6, 6.07) is 5.22. The minimum absolute atomic E-state index is 0.107. The average molecular weight is 281 g/mol. The van der Waals surface area contributed by atoms with Gasteiger partial charge in [0.15, 0.2) is 15.6 Å². The van der Waals surface area contributed by atoms with Gasteiger partial charge in [0.25, 0.3) is 0 Å². The Labute approximate surface area is 111 Å². The van der Waals surface area contributed by atoms with Crippen molar-refractivity contribution in [3.8, 4) is 11.5 Å². The van der Waals surface area contributed by atoms with E-state index in [1.165, 1.54) is 0 Å². The van der Waals surface area contributed by atoms with Crippen LogP contribution in [0.15, 0.2) is 22.6 Å². The molecule has 6 nitrogen and oxygen atoms in total. The molecular weight excluding hydrogens is 266 g/mol. The van der Waals surface area contributed by atoms with Crippen molar-refractivity contribution in [2.75, 3.05) is 17.2 Å². The van der Waals surface area contributed by atoms with Gasteiger partial charge in [0.1, 0.15) is 17.3 Å². The fourth-order valence-electron chi connectivity index (χ4n) is 2.36. The zero-order valence-electron chi connectivity index (χ0n) is 10.5. The van der Waals surface area contributed by atoms with E-state index < -0.39 is 9.84 Å². The molecule has 0 aromatic carbocycles. The number of nitrogens with zero attached hydrogens (tertiary/aromatic N) is 2. The van der Waals surface area contributed by atoms with Crippen molar-refractivity contribution >= 4 is 15.7 Å². The largest absolute Gasteiger partial charge is 0.460 e. The Morgan fingerprint density at radius 3 is 2.84 bits per heavy atom. The van der Waals surface area contributed by atoms with Gasteiger partial charge in [-0.1, -0.05) is 0 Å². The summed E-state index contributed by atoms with van der Waals surface area (Å²) in [5, 5.41) is 4.37. The first kappa shape index (κ1) is 12.3. The topological polar surface area (TPSA) is 91.1 Å². The van der Waals surface area contributed by atoms with E-state index in [1.54, 1.807) is 10.7 Å². The van der Waals surface area contributed by atoms with E-state index in [0.717, 1.165) is 5.76 Å². The van der Waals surface area contributed by atoms with E-state index in [4.69, 9.17) is 10.2 Å². The van der Waals surface area contributed by atoms with Crippen LogP contribution in [0.2, 0.25) is 0 Å². The normalized spacial score (nSPS) is 21.8. The summed E-state index contributed by atoms with van der Waals surface area (Å²) in [6.07, 6.45) is 0.560. The third kappa shape index (κ3) is 2.25. The van der Waals surface area contributed by atoms with Crippen LogP contribution < -0.4 is 5.73 Å². The molecule has 7 heteroatoms. The van der Waals surface area contributed by atoms with Crippen LogP contribution in [0.5, 0.6) is 0 Å². The molecule has 19 heavy (non-hydrogen) atoms. The summed E-state index contributed by atoms with van der Waals surface area (Å²) in [4.78, 5) is 0. The molecule has 102 valence electrons. The maximum atomic E-state index is 11.5. The molecule has 1 saturated heterocycles. The molecule has 3 heterocycles. The molecule has 2 aromatic rings. The summed E-state index contributed by atoms with van der Waals surface area (Å²) in [5.74, 6) is 2.21. The number of anilines is 1. The van der Waals surface area contributed by atoms with Gasteiger partial charge >= 0.3 is 0 Å². The number of nitrogen functional groups attached to an aromatic ring is 1. The molecule has 1 aliphatic rings. The molecule has 0 radical (unpaired) electrons. The summed E-state index contributed by atoms with van der Waals surface area (Å²) in [7, 11) is -2.95. The summed E-state index contributed by atoms with van der Waals surface area (Å²) < 4.78 is 30.1. The van der Waals surface area contributed by atoms with Crippen molar-refractivity contribution in [1.29, 1.82) is 0 Å². The van der Waals surface area contributed by atoms with Crippen LogP contribution >= 0.6 is 0 Å². The maximum absolute atomic E-state index is 11.5. The number of rotatable bonds is 2. The minimum Gasteiger partial charge on any atom is -0.460 e. The quantitative estimate of drug-likeness (QED) is 0.898. The van der Waals surface area contributed by atoms with E-state index in [2.05, 4.69) is 5.10 Å². The molecule has 2 aromatic heterocycles. The first-order chi connectivity index (χ1) is 8.94. The molecule has 3 rings (SSSR count). The van der Waals surface area contributed by atoms with Gasteiger partial charge < -0.3 is 10.2 Å². The number of sulfone groups is 1. The molecule has 0 bridgehead atoms. The fourth-order valence-corrected chi connectivity index (χ4v) is 4.05. The van der Waals surface area contributed by atoms with E-state index in [0.29, 0.717) is 23.7 Å². The maximum Gasteiger partial charge on any atom is 0.154 e. The van der Waals surface area contributed by atoms with E-state index in [9.17, 15) is 8.42 Å². The third-order valence-electron chi connectivity index (χ3n) is 3.31. The highest BCUT2D eigenvalue weighted by atomic mass is 32.2. The van der Waals surface area contributed by atoms with Gasteiger partial charge in [-0.05, 0) is 25.5 Å². The SMILES string of the molecule is Cc1ccc(-c2cc(N)n(C3CCS(=O)(=O)C3)n2)o1. The number of aromatic nitrogens is 2. The van der Waals surface area contributed by atoms with Crippen molar-refractivity contribution in [3.63, 3.8) is 0 Å². The Balaban J connectivity index is 1.94. The summed E-state index contributed by atoms with van der Waals surface area (Å²) in [5.41, 5.74) is 6.55. The Hall–Kier alpha value is -1.76. The lowest BCUT2D eigenvalue weighted by molar-refractivity contribution is 0.502. The zero-order chi connectivity index (χ0) is 13.6. The van der Waals surface area contributed by atoms with Crippen LogP contribution in [0.1, 0.15) is 18.2 Å². The Morgan fingerprint density at radius 2 is 2.26 bits per heavy atom. The van der Waals surface area contributed by atoms with Gasteiger partial charge in [0.05, 0.1) is 17.5 Å². The zero-order valence-corrected chi connectivity index (χ0v) is 11.4. The lowest BCUT2D eigenvalue weighted by Crippen LogP contribution is -2.14. The lowest BCUT2D eigenvalue weighted by Gasteiger charge is -2.09. The van der Waals surface area contributed by atoms with Crippen LogP contribution in [-0.2, 0) is 9.84 Å². The number of hydrogen-bond donors (Lipinski definition) is 1. The molecule has 1 unspecified atom stereocenters. The third-order valence-corrected chi connectivity index (χ3v) is 5.06. The molecule has 0 aliphatic carbocycles. The fraction of sp³-hybridized carbons (Fsp3) is 0.417. The molecule has 1 fully saturated rings. The van der Waals surface area contributed by atoms with Gasteiger partial charge in [-0.3, -0.25) is 0 Å². The second-order valence-electron chi connectivity index (χ2n) is 4.87. The second kappa shape index (κ2) is 4.12. The lowest BCUT2D eigenvalue weighted by atomic mass is 10.3. The van der Waals surface area contributed by atoms with Gasteiger partial charge in [-0.25, -0.2) is 13.1 Å². The molecule has 0 saturated carbocycles. The van der Waals surface area contributed by atoms with Crippen molar-refractivity contribution in [2.24, 2.45) is 0 Å². The monoisotopic (exact) mass is 281 g/mol. The van der Waals surface area contributed by atoms with Crippen LogP contribution in [0.25, 0.3) is 11.5 Å². The predicted molar refractivity (Wildman–Crippen MR) is 71.4 cm³/mol. The van der Waals surface area contributed by atoms with Gasteiger partial charge in [-0.15, -0.1) is 0 Å². The number of aryl methyl sites for hydroxylation is 1.